The summed E-state index contributed by atoms with van der Waals surface area (Å²) in [4.78, 5) is 11.9. The van der Waals surface area contributed by atoms with Crippen molar-refractivity contribution >= 4 is 21.6 Å². The summed E-state index contributed by atoms with van der Waals surface area (Å²) in [6.07, 6.45) is 3.99. The number of carbonyl (C=O) groups excluding carboxylic acids is 1. The highest BCUT2D eigenvalue weighted by molar-refractivity contribution is 7.92. The molecule has 1 atom stereocenters. The van der Waals surface area contributed by atoms with Crippen molar-refractivity contribution in [3.8, 4) is 0 Å². The Labute approximate surface area is 146 Å². The predicted octanol–water partition coefficient (Wildman–Crippen LogP) is 3.15. The molecule has 0 aliphatic heterocycles. The van der Waals surface area contributed by atoms with Gasteiger partial charge in [-0.15, -0.1) is 0 Å². The Hall–Kier alpha value is -1.56. The third-order valence-corrected chi connectivity index (χ3v) is 4.98. The second-order valence-corrected chi connectivity index (χ2v) is 8.45. The number of amides is 1. The first-order valence-corrected chi connectivity index (χ1v) is 10.3. The lowest BCUT2D eigenvalue weighted by Crippen LogP contribution is -2.34. The molecule has 1 aromatic carbocycles. The van der Waals surface area contributed by atoms with Crippen molar-refractivity contribution in [2.24, 2.45) is 0 Å². The number of rotatable bonds is 9. The number of hydrogen-bond donors (Lipinski definition) is 1. The SMILES string of the molecule is CCCC(C)NC(=O)CCCN(c1cc(C)cc(C)c1)S(C)(=O)=O. The number of hydrogen-bond acceptors (Lipinski definition) is 3. The first-order valence-electron chi connectivity index (χ1n) is 8.49. The van der Waals surface area contributed by atoms with Gasteiger partial charge in [0.15, 0.2) is 0 Å². The Morgan fingerprint density at radius 2 is 1.79 bits per heavy atom. The van der Waals surface area contributed by atoms with Crippen LogP contribution in [0.4, 0.5) is 5.69 Å². The fraction of sp³-hybridized carbons (Fsp3) is 0.611. The van der Waals surface area contributed by atoms with E-state index in [1.807, 2.05) is 39.0 Å². The number of aryl methyl sites for hydroxylation is 2. The van der Waals surface area contributed by atoms with E-state index in [-0.39, 0.29) is 11.9 Å². The van der Waals surface area contributed by atoms with Crippen LogP contribution in [0.1, 0.15) is 50.7 Å². The van der Waals surface area contributed by atoms with Crippen LogP contribution in [0.5, 0.6) is 0 Å². The average molecular weight is 355 g/mol. The van der Waals surface area contributed by atoms with Gasteiger partial charge in [0.05, 0.1) is 11.9 Å². The van der Waals surface area contributed by atoms with Crippen molar-refractivity contribution in [3.63, 3.8) is 0 Å². The maximum atomic E-state index is 12.1. The van der Waals surface area contributed by atoms with Gasteiger partial charge in [-0.2, -0.15) is 0 Å². The fourth-order valence-electron chi connectivity index (χ4n) is 2.82. The van der Waals surface area contributed by atoms with Gasteiger partial charge < -0.3 is 5.32 Å². The zero-order valence-corrected chi connectivity index (χ0v) is 16.2. The van der Waals surface area contributed by atoms with Crippen LogP contribution in [-0.4, -0.2) is 33.2 Å². The van der Waals surface area contributed by atoms with Gasteiger partial charge in [0.25, 0.3) is 0 Å². The summed E-state index contributed by atoms with van der Waals surface area (Å²) in [5, 5.41) is 2.94. The molecule has 136 valence electrons. The van der Waals surface area contributed by atoms with Gasteiger partial charge in [0.1, 0.15) is 0 Å². The molecule has 1 rings (SSSR count). The molecule has 0 aromatic heterocycles. The molecular weight excluding hydrogens is 324 g/mol. The normalized spacial score (nSPS) is 12.7. The number of carbonyl (C=O) groups is 1. The second-order valence-electron chi connectivity index (χ2n) is 6.54. The zero-order valence-electron chi connectivity index (χ0n) is 15.4. The van der Waals surface area contributed by atoms with Gasteiger partial charge in [0.2, 0.25) is 15.9 Å². The lowest BCUT2D eigenvalue weighted by atomic mass is 10.1. The molecule has 6 heteroatoms. The molecule has 0 fully saturated rings. The number of benzene rings is 1. The van der Waals surface area contributed by atoms with E-state index < -0.39 is 10.0 Å². The van der Waals surface area contributed by atoms with E-state index in [9.17, 15) is 13.2 Å². The van der Waals surface area contributed by atoms with Gasteiger partial charge >= 0.3 is 0 Å². The molecule has 0 bridgehead atoms. The summed E-state index contributed by atoms with van der Waals surface area (Å²) in [5.74, 6) is -0.0233. The fourth-order valence-corrected chi connectivity index (χ4v) is 3.77. The van der Waals surface area contributed by atoms with Crippen LogP contribution in [0, 0.1) is 13.8 Å². The van der Waals surface area contributed by atoms with Crippen LogP contribution in [0.15, 0.2) is 18.2 Å². The maximum Gasteiger partial charge on any atom is 0.232 e. The minimum atomic E-state index is -3.38. The minimum Gasteiger partial charge on any atom is -0.354 e. The van der Waals surface area contributed by atoms with Gasteiger partial charge in [-0.25, -0.2) is 8.42 Å². The van der Waals surface area contributed by atoms with E-state index in [4.69, 9.17) is 0 Å². The summed E-state index contributed by atoms with van der Waals surface area (Å²) in [7, 11) is -3.38. The van der Waals surface area contributed by atoms with Crippen LogP contribution in [0.2, 0.25) is 0 Å². The van der Waals surface area contributed by atoms with Crippen molar-refractivity contribution in [2.45, 2.75) is 59.4 Å². The maximum absolute atomic E-state index is 12.1. The van der Waals surface area contributed by atoms with Crippen LogP contribution in [-0.2, 0) is 14.8 Å². The number of nitrogens with zero attached hydrogens (tertiary/aromatic N) is 1. The second kappa shape index (κ2) is 9.06. The summed E-state index contributed by atoms with van der Waals surface area (Å²) >= 11 is 0. The molecule has 0 spiro atoms. The molecule has 0 saturated heterocycles. The van der Waals surface area contributed by atoms with Gasteiger partial charge in [-0.1, -0.05) is 19.4 Å². The Morgan fingerprint density at radius 3 is 2.29 bits per heavy atom. The molecule has 1 N–H and O–H groups in total. The summed E-state index contributed by atoms with van der Waals surface area (Å²) in [6.45, 7) is 8.26. The third kappa shape index (κ3) is 6.91. The van der Waals surface area contributed by atoms with E-state index in [0.29, 0.717) is 25.1 Å². The molecule has 0 aliphatic carbocycles. The third-order valence-electron chi connectivity index (χ3n) is 3.79. The zero-order chi connectivity index (χ0) is 18.3. The molecular formula is C18H30N2O3S. The highest BCUT2D eigenvalue weighted by Crippen LogP contribution is 2.21. The van der Waals surface area contributed by atoms with Crippen molar-refractivity contribution < 1.29 is 13.2 Å². The summed E-state index contributed by atoms with van der Waals surface area (Å²) < 4.78 is 25.6. The Morgan fingerprint density at radius 1 is 1.21 bits per heavy atom. The predicted molar refractivity (Wildman–Crippen MR) is 99.9 cm³/mol. The Kier molecular flexibility index (Phi) is 7.73. The van der Waals surface area contributed by atoms with Gasteiger partial charge in [-0.3, -0.25) is 9.10 Å². The van der Waals surface area contributed by atoms with Crippen molar-refractivity contribution in [1.29, 1.82) is 0 Å². The highest BCUT2D eigenvalue weighted by Gasteiger charge is 2.18. The Balaban J connectivity index is 2.71. The monoisotopic (exact) mass is 354 g/mol. The molecule has 5 nitrogen and oxygen atoms in total. The highest BCUT2D eigenvalue weighted by atomic mass is 32.2. The van der Waals surface area contributed by atoms with E-state index in [1.165, 1.54) is 10.6 Å². The van der Waals surface area contributed by atoms with E-state index in [0.717, 1.165) is 24.0 Å². The summed E-state index contributed by atoms with van der Waals surface area (Å²) in [6, 6.07) is 5.88. The smallest absolute Gasteiger partial charge is 0.232 e. The molecule has 0 heterocycles. The standard InChI is InChI=1S/C18H30N2O3S/c1-6-8-16(4)19-18(21)9-7-10-20(24(5,22)23)17-12-14(2)11-15(3)13-17/h11-13,16H,6-10H2,1-5H3,(H,19,21). The van der Waals surface area contributed by atoms with Crippen molar-refractivity contribution in [1.82, 2.24) is 5.32 Å². The van der Waals surface area contributed by atoms with Crippen LogP contribution in [0.3, 0.4) is 0 Å². The topological polar surface area (TPSA) is 66.5 Å². The average Bonchev–Trinajstić information content (AvgIpc) is 2.41. The number of anilines is 1. The van der Waals surface area contributed by atoms with Crippen molar-refractivity contribution in [3.05, 3.63) is 29.3 Å². The quantitative estimate of drug-likeness (QED) is 0.741. The molecule has 0 aliphatic rings. The van der Waals surface area contributed by atoms with Gasteiger partial charge in [0, 0.05) is 19.0 Å². The molecule has 1 aromatic rings. The molecule has 1 amide bonds. The van der Waals surface area contributed by atoms with Crippen LogP contribution >= 0.6 is 0 Å². The van der Waals surface area contributed by atoms with E-state index in [1.54, 1.807) is 0 Å². The lowest BCUT2D eigenvalue weighted by molar-refractivity contribution is -0.121. The molecule has 1 unspecified atom stereocenters. The first kappa shape index (κ1) is 20.5. The molecule has 24 heavy (non-hydrogen) atoms. The van der Waals surface area contributed by atoms with E-state index >= 15 is 0 Å². The molecule has 0 radical (unpaired) electrons. The molecule has 0 saturated carbocycles. The Bertz CT molecular complexity index is 636. The van der Waals surface area contributed by atoms with E-state index in [2.05, 4.69) is 12.2 Å². The van der Waals surface area contributed by atoms with Gasteiger partial charge in [-0.05, 0) is 56.9 Å². The lowest BCUT2D eigenvalue weighted by Gasteiger charge is -2.23. The van der Waals surface area contributed by atoms with Crippen LogP contribution in [0.25, 0.3) is 0 Å². The van der Waals surface area contributed by atoms with Crippen LogP contribution < -0.4 is 9.62 Å². The first-order chi connectivity index (χ1) is 11.1. The number of sulfonamides is 1. The minimum absolute atomic E-state index is 0.0233. The number of nitrogens with one attached hydrogen (secondary N) is 1. The largest absolute Gasteiger partial charge is 0.354 e. The van der Waals surface area contributed by atoms with Crippen molar-refractivity contribution in [2.75, 3.05) is 17.1 Å². The summed E-state index contributed by atoms with van der Waals surface area (Å²) in [5.41, 5.74) is 2.70.